The number of rotatable bonds is 4. The fourth-order valence-corrected chi connectivity index (χ4v) is 3.76. The summed E-state index contributed by atoms with van der Waals surface area (Å²) in [5.74, 6) is -0.0585. The quantitative estimate of drug-likeness (QED) is 0.483. The van der Waals surface area contributed by atoms with Crippen LogP contribution in [0.5, 0.6) is 0 Å². The Morgan fingerprint density at radius 2 is 1.96 bits per heavy atom. The van der Waals surface area contributed by atoms with Crippen LogP contribution in [0.25, 0.3) is 28.0 Å². The summed E-state index contributed by atoms with van der Waals surface area (Å²) in [7, 11) is 0. The number of hydrogen-bond donors (Lipinski definition) is 1. The lowest BCUT2D eigenvalue weighted by molar-refractivity contribution is 0.104. The number of ketones is 1. The first kappa shape index (κ1) is 15.7. The molecule has 0 fully saturated rings. The minimum atomic E-state index is -0.0585. The molecule has 4 heterocycles. The van der Waals surface area contributed by atoms with Crippen LogP contribution in [0.15, 0.2) is 72.6 Å². The number of nitrogens with one attached hydrogen (secondary N) is 1. The lowest BCUT2D eigenvalue weighted by atomic mass is 10.0. The minimum absolute atomic E-state index is 0.0585. The van der Waals surface area contributed by atoms with Gasteiger partial charge >= 0.3 is 0 Å². The van der Waals surface area contributed by atoms with E-state index in [4.69, 9.17) is 0 Å². The van der Waals surface area contributed by atoms with E-state index in [-0.39, 0.29) is 5.78 Å². The number of nitrogens with zero attached hydrogens (tertiary/aromatic N) is 4. The van der Waals surface area contributed by atoms with Gasteiger partial charge in [-0.05, 0) is 29.1 Å². The molecule has 5 aromatic rings. The number of thiophene rings is 1. The number of hydrogen-bond acceptors (Lipinski definition) is 5. The maximum absolute atomic E-state index is 12.7. The van der Waals surface area contributed by atoms with Gasteiger partial charge in [-0.2, -0.15) is 10.2 Å². The molecule has 0 atom stereocenters. The molecule has 4 aromatic heterocycles. The third kappa shape index (κ3) is 2.65. The topological polar surface area (TPSA) is 75.9 Å². The molecule has 0 bridgehead atoms. The highest BCUT2D eigenvalue weighted by Crippen LogP contribution is 2.27. The molecule has 130 valence electrons. The minimum Gasteiger partial charge on any atom is -0.287 e. The van der Waals surface area contributed by atoms with E-state index in [9.17, 15) is 4.79 Å². The van der Waals surface area contributed by atoms with E-state index in [1.165, 1.54) is 11.3 Å². The lowest BCUT2D eigenvalue weighted by Gasteiger charge is -2.07. The van der Waals surface area contributed by atoms with Gasteiger partial charge in [0.2, 0.25) is 5.78 Å². The molecule has 5 rings (SSSR count). The summed E-state index contributed by atoms with van der Waals surface area (Å²) in [5, 5.41) is 13.2. The Kier molecular flexibility index (Phi) is 3.65. The van der Waals surface area contributed by atoms with Gasteiger partial charge in [0, 0.05) is 23.5 Å². The molecule has 1 N–H and O–H groups in total. The van der Waals surface area contributed by atoms with Gasteiger partial charge in [-0.25, -0.2) is 9.50 Å². The molecule has 0 aliphatic heterocycles. The van der Waals surface area contributed by atoms with Gasteiger partial charge in [0.05, 0.1) is 28.5 Å². The smallest absolute Gasteiger partial charge is 0.208 e. The van der Waals surface area contributed by atoms with Crippen molar-refractivity contribution in [2.75, 3.05) is 0 Å². The molecular weight excluding hydrogens is 358 g/mol. The van der Waals surface area contributed by atoms with Crippen molar-refractivity contribution in [2.24, 2.45) is 0 Å². The van der Waals surface area contributed by atoms with Crippen LogP contribution in [0.4, 0.5) is 0 Å². The molecular formula is C20H13N5OS. The van der Waals surface area contributed by atoms with Crippen molar-refractivity contribution in [3.8, 4) is 22.4 Å². The van der Waals surface area contributed by atoms with Crippen LogP contribution < -0.4 is 0 Å². The van der Waals surface area contributed by atoms with E-state index in [1.807, 2.05) is 48.0 Å². The molecule has 7 heteroatoms. The van der Waals surface area contributed by atoms with Crippen molar-refractivity contribution >= 4 is 22.8 Å². The van der Waals surface area contributed by atoms with Crippen molar-refractivity contribution in [3.63, 3.8) is 0 Å². The van der Waals surface area contributed by atoms with E-state index in [0.717, 1.165) is 22.4 Å². The van der Waals surface area contributed by atoms with Gasteiger partial charge < -0.3 is 0 Å². The Bertz CT molecular complexity index is 1240. The van der Waals surface area contributed by atoms with E-state index in [0.29, 0.717) is 16.1 Å². The van der Waals surface area contributed by atoms with Gasteiger partial charge in [-0.1, -0.05) is 24.3 Å². The van der Waals surface area contributed by atoms with E-state index in [2.05, 4.69) is 26.3 Å². The van der Waals surface area contributed by atoms with Crippen molar-refractivity contribution in [1.82, 2.24) is 24.8 Å². The standard InChI is InChI=1S/C20H13N5OS/c26-19(18-5-2-8-27-18)16-12-24-25-17(6-7-21-20(16)25)14-4-1-3-13(9-14)15-10-22-23-11-15/h1-12H,(H,22,23). The molecule has 1 aromatic carbocycles. The van der Waals surface area contributed by atoms with Crippen LogP contribution in [-0.2, 0) is 0 Å². The number of carbonyl (C=O) groups excluding carboxylic acids is 1. The summed E-state index contributed by atoms with van der Waals surface area (Å²) >= 11 is 1.42. The monoisotopic (exact) mass is 371 g/mol. The van der Waals surface area contributed by atoms with Crippen molar-refractivity contribution in [3.05, 3.63) is 83.1 Å². The molecule has 27 heavy (non-hydrogen) atoms. The van der Waals surface area contributed by atoms with Crippen molar-refractivity contribution in [1.29, 1.82) is 0 Å². The molecule has 0 radical (unpaired) electrons. The number of fused-ring (bicyclic) bond motifs is 1. The average molecular weight is 371 g/mol. The Morgan fingerprint density at radius 3 is 2.78 bits per heavy atom. The summed E-state index contributed by atoms with van der Waals surface area (Å²) in [6.45, 7) is 0. The highest BCUT2D eigenvalue weighted by molar-refractivity contribution is 7.12. The highest BCUT2D eigenvalue weighted by Gasteiger charge is 2.18. The third-order valence-corrected chi connectivity index (χ3v) is 5.25. The summed E-state index contributed by atoms with van der Waals surface area (Å²) in [4.78, 5) is 17.8. The zero-order valence-corrected chi connectivity index (χ0v) is 14.9. The molecule has 0 aliphatic carbocycles. The fraction of sp³-hybridized carbons (Fsp3) is 0. The predicted octanol–water partition coefficient (Wildman–Crippen LogP) is 4.08. The molecule has 0 amide bonds. The highest BCUT2D eigenvalue weighted by atomic mass is 32.1. The van der Waals surface area contributed by atoms with Crippen LogP contribution in [0.3, 0.4) is 0 Å². The fourth-order valence-electron chi connectivity index (χ4n) is 3.08. The Labute approximate surface area is 158 Å². The first-order chi connectivity index (χ1) is 13.3. The second-order valence-corrected chi connectivity index (χ2v) is 6.95. The van der Waals surface area contributed by atoms with E-state index < -0.39 is 0 Å². The lowest BCUT2D eigenvalue weighted by Crippen LogP contribution is -2.01. The third-order valence-electron chi connectivity index (χ3n) is 4.38. The summed E-state index contributed by atoms with van der Waals surface area (Å²) < 4.78 is 1.72. The first-order valence-corrected chi connectivity index (χ1v) is 9.20. The van der Waals surface area contributed by atoms with Gasteiger partial charge in [0.15, 0.2) is 5.65 Å². The van der Waals surface area contributed by atoms with Crippen LogP contribution in [0.2, 0.25) is 0 Å². The molecule has 0 saturated carbocycles. The van der Waals surface area contributed by atoms with Crippen LogP contribution in [0, 0.1) is 0 Å². The molecule has 6 nitrogen and oxygen atoms in total. The summed E-state index contributed by atoms with van der Waals surface area (Å²) in [5.41, 5.74) is 4.98. The number of aromatic amines is 1. The molecule has 0 saturated heterocycles. The number of benzene rings is 1. The maximum atomic E-state index is 12.7. The molecule has 0 spiro atoms. The number of carbonyl (C=O) groups is 1. The van der Waals surface area contributed by atoms with E-state index in [1.54, 1.807) is 23.1 Å². The maximum Gasteiger partial charge on any atom is 0.208 e. The number of aromatic nitrogens is 5. The second-order valence-electron chi connectivity index (χ2n) is 6.00. The van der Waals surface area contributed by atoms with Crippen molar-refractivity contribution < 1.29 is 4.79 Å². The number of H-pyrrole nitrogens is 1. The Morgan fingerprint density at radius 1 is 1.04 bits per heavy atom. The Balaban J connectivity index is 1.63. The zero-order chi connectivity index (χ0) is 18.2. The SMILES string of the molecule is O=C(c1cccs1)c1cnn2c(-c3cccc(-c4cn[nH]c4)c3)ccnc12. The first-order valence-electron chi connectivity index (χ1n) is 8.32. The van der Waals surface area contributed by atoms with Crippen LogP contribution >= 0.6 is 11.3 Å². The van der Waals surface area contributed by atoms with Gasteiger partial charge in [-0.3, -0.25) is 9.89 Å². The molecule has 0 aliphatic rings. The summed E-state index contributed by atoms with van der Waals surface area (Å²) in [6, 6.07) is 13.7. The summed E-state index contributed by atoms with van der Waals surface area (Å²) in [6.07, 6.45) is 6.94. The largest absolute Gasteiger partial charge is 0.287 e. The predicted molar refractivity (Wildman–Crippen MR) is 104 cm³/mol. The Hall–Kier alpha value is -3.58. The van der Waals surface area contributed by atoms with Gasteiger partial charge in [0.1, 0.15) is 0 Å². The van der Waals surface area contributed by atoms with Gasteiger partial charge in [0.25, 0.3) is 0 Å². The van der Waals surface area contributed by atoms with Crippen LogP contribution in [0.1, 0.15) is 15.2 Å². The average Bonchev–Trinajstić information content (AvgIpc) is 3.49. The molecule has 0 unspecified atom stereocenters. The second kappa shape index (κ2) is 6.30. The van der Waals surface area contributed by atoms with Crippen molar-refractivity contribution in [2.45, 2.75) is 0 Å². The van der Waals surface area contributed by atoms with E-state index >= 15 is 0 Å². The van der Waals surface area contributed by atoms with Crippen LogP contribution in [-0.4, -0.2) is 30.6 Å². The normalized spacial score (nSPS) is 11.1. The zero-order valence-electron chi connectivity index (χ0n) is 14.0. The van der Waals surface area contributed by atoms with Gasteiger partial charge in [-0.15, -0.1) is 11.3 Å².